The summed E-state index contributed by atoms with van der Waals surface area (Å²) >= 11 is 0. The zero-order valence-electron chi connectivity index (χ0n) is 27.5. The number of rotatable bonds is 11. The molecule has 1 unspecified atom stereocenters. The van der Waals surface area contributed by atoms with Crippen molar-refractivity contribution in [2.24, 2.45) is 0 Å². The van der Waals surface area contributed by atoms with Crippen molar-refractivity contribution in [2.75, 3.05) is 18.5 Å². The second kappa shape index (κ2) is 13.8. The lowest BCUT2D eigenvalue weighted by atomic mass is 10.1. The molecule has 8 rings (SSSR count). The lowest BCUT2D eigenvalue weighted by molar-refractivity contribution is -0.332. The maximum absolute atomic E-state index is 12.9. The van der Waals surface area contributed by atoms with Gasteiger partial charge in [-0.1, -0.05) is 95.8 Å². The lowest BCUT2D eigenvalue weighted by Crippen LogP contribution is -2.58. The first-order valence-electron chi connectivity index (χ1n) is 16.9. The molecule has 0 saturated carbocycles. The fourth-order valence-electron chi connectivity index (χ4n) is 7.27. The summed E-state index contributed by atoms with van der Waals surface area (Å²) in [5.41, 5.74) is 1.52. The molecule has 0 radical (unpaired) electrons. The zero-order valence-corrected chi connectivity index (χ0v) is 29.4. The van der Waals surface area contributed by atoms with Gasteiger partial charge >= 0.3 is 0 Å². The number of amides is 1. The van der Waals surface area contributed by atoms with E-state index in [0.717, 1.165) is 25.4 Å². The monoisotopic (exact) mass is 694 g/mol. The van der Waals surface area contributed by atoms with E-state index in [1.807, 2.05) is 29.7 Å². The van der Waals surface area contributed by atoms with Crippen LogP contribution in [0.1, 0.15) is 36.4 Å². The van der Waals surface area contributed by atoms with E-state index in [4.69, 9.17) is 18.5 Å². The Morgan fingerprint density at radius 3 is 2.37 bits per heavy atom. The van der Waals surface area contributed by atoms with Crippen LogP contribution in [0.3, 0.4) is 0 Å². The van der Waals surface area contributed by atoms with Gasteiger partial charge in [0.25, 0.3) is 14.4 Å². The molecule has 11 nitrogen and oxygen atoms in total. The number of benzene rings is 3. The smallest absolute Gasteiger partial charge is 0.261 e. The van der Waals surface area contributed by atoms with Crippen molar-refractivity contribution in [3.63, 3.8) is 0 Å². The number of hydrogen-bond acceptors (Lipinski definition) is 9. The lowest BCUT2D eigenvalue weighted by Gasteiger charge is -2.44. The van der Waals surface area contributed by atoms with Crippen LogP contribution in [-0.2, 0) is 18.5 Å². The summed E-state index contributed by atoms with van der Waals surface area (Å²) in [7, 11) is -3.47. The summed E-state index contributed by atoms with van der Waals surface area (Å²) in [6, 6.07) is 32.1. The van der Waals surface area contributed by atoms with Crippen LogP contribution >= 0.6 is 8.53 Å². The highest BCUT2D eigenvalue weighted by molar-refractivity contribution is 7.45. The van der Waals surface area contributed by atoms with Gasteiger partial charge in [-0.2, -0.15) is 0 Å². The SMILES string of the molecule is CCO[C@H]1C(O[P@@]2O[C@H](C[Si](C)(c3ccccc3)c3ccccc3)[C@@H]3CCCN32)O[C@H]1n1cnc2c(NC(=O)c3ccccc3)ncnc21. The molecule has 1 N–H and O–H groups in total. The minimum absolute atomic E-state index is 0.0610. The fraction of sp³-hybridized carbons (Fsp3) is 0.333. The number of anilines is 1. The van der Waals surface area contributed by atoms with E-state index in [9.17, 15) is 4.79 Å². The first-order valence-corrected chi connectivity index (χ1v) is 20.7. The van der Waals surface area contributed by atoms with Crippen molar-refractivity contribution in [1.29, 1.82) is 0 Å². The molecule has 3 aliphatic heterocycles. The predicted octanol–water partition coefficient (Wildman–Crippen LogP) is 5.34. The van der Waals surface area contributed by atoms with Crippen molar-refractivity contribution < 1.29 is 23.3 Å². The maximum Gasteiger partial charge on any atom is 0.261 e. The quantitative estimate of drug-likeness (QED) is 0.145. The van der Waals surface area contributed by atoms with Gasteiger partial charge in [0.05, 0.1) is 12.4 Å². The molecule has 0 bridgehead atoms. The Morgan fingerprint density at radius 1 is 0.980 bits per heavy atom. The number of fused-ring (bicyclic) bond motifs is 2. The van der Waals surface area contributed by atoms with Crippen LogP contribution < -0.4 is 15.7 Å². The van der Waals surface area contributed by atoms with E-state index in [-0.39, 0.29) is 12.0 Å². The predicted molar refractivity (Wildman–Crippen MR) is 190 cm³/mol. The average Bonchev–Trinajstić information content (AvgIpc) is 3.88. The Kier molecular flexibility index (Phi) is 9.11. The summed E-state index contributed by atoms with van der Waals surface area (Å²) in [6.45, 7) is 5.85. The Hall–Kier alpha value is -3.87. The molecule has 13 heteroatoms. The van der Waals surface area contributed by atoms with E-state index in [1.54, 1.807) is 18.5 Å². The number of imidazole rings is 1. The summed E-state index contributed by atoms with van der Waals surface area (Å²) in [4.78, 5) is 26.2. The van der Waals surface area contributed by atoms with E-state index < -0.39 is 35.2 Å². The molecule has 3 aliphatic rings. The van der Waals surface area contributed by atoms with E-state index in [1.165, 1.54) is 16.7 Å². The molecule has 1 amide bonds. The van der Waals surface area contributed by atoms with Crippen molar-refractivity contribution in [3.8, 4) is 0 Å². The van der Waals surface area contributed by atoms with Gasteiger partial charge in [0, 0.05) is 24.8 Å². The van der Waals surface area contributed by atoms with Gasteiger partial charge in [-0.15, -0.1) is 0 Å². The summed E-state index contributed by atoms with van der Waals surface area (Å²) < 4.78 is 30.4. The van der Waals surface area contributed by atoms with Crippen molar-refractivity contribution in [2.45, 2.75) is 63.1 Å². The van der Waals surface area contributed by atoms with Crippen LogP contribution in [0.15, 0.2) is 104 Å². The molecule has 5 aromatic rings. The highest BCUT2D eigenvalue weighted by atomic mass is 31.2. The third-order valence-corrected chi connectivity index (χ3v) is 16.0. The maximum atomic E-state index is 12.9. The number of ether oxygens (including phenoxy) is 2. The normalized spacial score (nSPS) is 25.3. The number of nitrogens with one attached hydrogen (secondary N) is 1. The van der Waals surface area contributed by atoms with Crippen LogP contribution in [0.25, 0.3) is 11.2 Å². The van der Waals surface area contributed by atoms with E-state index in [0.29, 0.717) is 35.2 Å². The minimum atomic E-state index is -2.13. The van der Waals surface area contributed by atoms with Gasteiger partial charge in [-0.05, 0) is 37.9 Å². The average molecular weight is 695 g/mol. The van der Waals surface area contributed by atoms with Crippen molar-refractivity contribution >= 4 is 49.9 Å². The molecule has 5 heterocycles. The topological polar surface area (TPSA) is 113 Å². The van der Waals surface area contributed by atoms with Crippen molar-refractivity contribution in [1.82, 2.24) is 24.2 Å². The highest BCUT2D eigenvalue weighted by Gasteiger charge is 2.54. The number of carbonyl (C=O) groups is 1. The summed E-state index contributed by atoms with van der Waals surface area (Å²) in [6.07, 6.45) is 3.80. The van der Waals surface area contributed by atoms with Gasteiger partial charge in [0.2, 0.25) is 0 Å². The van der Waals surface area contributed by atoms with Gasteiger partial charge in [0.15, 0.2) is 35.6 Å². The highest BCUT2D eigenvalue weighted by Crippen LogP contribution is 2.59. The zero-order chi connectivity index (χ0) is 33.4. The molecule has 0 spiro atoms. The molecule has 49 heavy (non-hydrogen) atoms. The van der Waals surface area contributed by atoms with Gasteiger partial charge < -0.3 is 19.3 Å². The Labute approximate surface area is 287 Å². The Morgan fingerprint density at radius 2 is 1.67 bits per heavy atom. The third-order valence-electron chi connectivity index (χ3n) is 9.84. The Bertz CT molecular complexity index is 1860. The second-order valence-electron chi connectivity index (χ2n) is 12.8. The molecule has 3 saturated heterocycles. The first kappa shape index (κ1) is 32.3. The molecule has 6 atom stereocenters. The number of aromatic nitrogens is 4. The standard InChI is InChI=1S/C36H39N6O5PSi/c1-3-44-31-35(41-24-39-30-32(37-23-38-33(30)41)40-34(43)25-14-7-4-8-15-25)45-36(31)47-48-42-21-13-20-28(42)29(46-48)22-49(2,26-16-9-5-10-17-26)27-18-11-6-12-19-27/h4-12,14-19,23-24,28-29,31,35-36H,3,13,20-22H2,1-2H3,(H,37,38,40,43)/t28-,29+,31+,35+,36?,48+/m0/s1. The molecule has 2 aromatic heterocycles. The van der Waals surface area contributed by atoms with Crippen LogP contribution in [0.5, 0.6) is 0 Å². The molecule has 0 aliphatic carbocycles. The van der Waals surface area contributed by atoms with E-state index in [2.05, 4.69) is 92.1 Å². The minimum Gasteiger partial charge on any atom is -0.368 e. The summed E-state index contributed by atoms with van der Waals surface area (Å²) in [5, 5.41) is 5.68. The van der Waals surface area contributed by atoms with Crippen molar-refractivity contribution in [3.05, 3.63) is 109 Å². The first-order chi connectivity index (χ1) is 24.0. The van der Waals surface area contributed by atoms with Gasteiger partial charge in [-0.3, -0.25) is 13.9 Å². The molecule has 3 aromatic carbocycles. The summed E-state index contributed by atoms with van der Waals surface area (Å²) in [5.74, 6) is 0.0526. The fourth-order valence-corrected chi connectivity index (χ4v) is 13.1. The Balaban J connectivity index is 0.993. The molecular formula is C36H39N6O5PSi. The number of nitrogens with zero attached hydrogens (tertiary/aromatic N) is 5. The van der Waals surface area contributed by atoms with Gasteiger partial charge in [-0.25, -0.2) is 19.6 Å². The number of carbonyl (C=O) groups excluding carboxylic acids is 1. The second-order valence-corrected chi connectivity index (χ2v) is 18.4. The van der Waals surface area contributed by atoms with E-state index >= 15 is 0 Å². The molecular weight excluding hydrogens is 655 g/mol. The van der Waals surface area contributed by atoms with Crippen LogP contribution in [0.2, 0.25) is 12.6 Å². The third kappa shape index (κ3) is 6.12. The largest absolute Gasteiger partial charge is 0.368 e. The van der Waals surface area contributed by atoms with Crippen LogP contribution in [0, 0.1) is 0 Å². The molecule has 252 valence electrons. The van der Waals surface area contributed by atoms with Gasteiger partial charge in [0.1, 0.15) is 14.4 Å². The van der Waals surface area contributed by atoms with Crippen LogP contribution in [-0.4, -0.2) is 75.9 Å². The molecule has 3 fully saturated rings. The van der Waals surface area contributed by atoms with Crippen LogP contribution in [0.4, 0.5) is 5.82 Å². The number of hydrogen-bond donors (Lipinski definition) is 1.